The standard InChI is InChI=1S/C16H18N2O2/c1-12(14-6-4-3-5-7-14)10-16(19)17-9-8-15-11-13(2)20-18-15/h3-7,10-11H,8-9H2,1-2H3,(H,17,19)/b12-10+. The van der Waals surface area contributed by atoms with Crippen LogP contribution in [0, 0.1) is 6.92 Å². The van der Waals surface area contributed by atoms with Gasteiger partial charge in [-0.1, -0.05) is 35.5 Å². The minimum absolute atomic E-state index is 0.0911. The second-order valence-electron chi connectivity index (χ2n) is 4.66. The predicted molar refractivity (Wildman–Crippen MR) is 78.0 cm³/mol. The van der Waals surface area contributed by atoms with Gasteiger partial charge in [-0.25, -0.2) is 0 Å². The molecule has 1 N–H and O–H groups in total. The number of allylic oxidation sites excluding steroid dienone is 1. The number of rotatable bonds is 5. The molecule has 0 saturated carbocycles. The van der Waals surface area contributed by atoms with Crippen molar-refractivity contribution in [3.8, 4) is 0 Å². The molecule has 1 amide bonds. The van der Waals surface area contributed by atoms with Crippen molar-refractivity contribution in [3.63, 3.8) is 0 Å². The van der Waals surface area contributed by atoms with Crippen LogP contribution in [0.25, 0.3) is 5.57 Å². The molecule has 1 heterocycles. The van der Waals surface area contributed by atoms with E-state index in [4.69, 9.17) is 4.52 Å². The van der Waals surface area contributed by atoms with E-state index < -0.39 is 0 Å². The van der Waals surface area contributed by atoms with E-state index in [1.807, 2.05) is 50.2 Å². The number of benzene rings is 1. The minimum Gasteiger partial charge on any atom is -0.361 e. The lowest BCUT2D eigenvalue weighted by Crippen LogP contribution is -2.23. The summed E-state index contributed by atoms with van der Waals surface area (Å²) in [6.45, 7) is 4.32. The third-order valence-corrected chi connectivity index (χ3v) is 2.93. The molecule has 2 aromatic rings. The molecule has 1 aromatic heterocycles. The smallest absolute Gasteiger partial charge is 0.244 e. The summed E-state index contributed by atoms with van der Waals surface area (Å²) in [5, 5.41) is 6.72. The van der Waals surface area contributed by atoms with Crippen molar-refractivity contribution >= 4 is 11.5 Å². The number of aromatic nitrogens is 1. The van der Waals surface area contributed by atoms with E-state index >= 15 is 0 Å². The molecule has 0 aliphatic heterocycles. The summed E-state index contributed by atoms with van der Waals surface area (Å²) in [6, 6.07) is 11.7. The van der Waals surface area contributed by atoms with Crippen LogP contribution in [0.15, 0.2) is 47.0 Å². The molecule has 0 atom stereocenters. The first-order valence-corrected chi connectivity index (χ1v) is 6.59. The number of nitrogens with one attached hydrogen (secondary N) is 1. The van der Waals surface area contributed by atoms with Gasteiger partial charge in [0.1, 0.15) is 5.76 Å². The van der Waals surface area contributed by atoms with E-state index in [0.29, 0.717) is 13.0 Å². The first-order valence-electron chi connectivity index (χ1n) is 6.59. The van der Waals surface area contributed by atoms with E-state index in [1.165, 1.54) is 0 Å². The van der Waals surface area contributed by atoms with Gasteiger partial charge in [-0.2, -0.15) is 0 Å². The molecule has 0 fully saturated rings. The summed E-state index contributed by atoms with van der Waals surface area (Å²) in [6.07, 6.45) is 2.28. The fourth-order valence-electron chi connectivity index (χ4n) is 1.88. The van der Waals surface area contributed by atoms with Gasteiger partial charge in [0.25, 0.3) is 0 Å². The lowest BCUT2D eigenvalue weighted by Gasteiger charge is -2.03. The molecule has 0 aliphatic rings. The maximum atomic E-state index is 11.8. The summed E-state index contributed by atoms with van der Waals surface area (Å²) >= 11 is 0. The third kappa shape index (κ3) is 4.09. The van der Waals surface area contributed by atoms with Gasteiger partial charge in [0, 0.05) is 25.1 Å². The Morgan fingerprint density at radius 2 is 2.10 bits per heavy atom. The normalized spacial score (nSPS) is 11.4. The quantitative estimate of drug-likeness (QED) is 0.850. The molecular weight excluding hydrogens is 252 g/mol. The number of hydrogen-bond donors (Lipinski definition) is 1. The van der Waals surface area contributed by atoms with Crippen molar-refractivity contribution in [2.24, 2.45) is 0 Å². The second kappa shape index (κ2) is 6.70. The zero-order chi connectivity index (χ0) is 14.4. The van der Waals surface area contributed by atoms with Crippen molar-refractivity contribution in [3.05, 3.63) is 59.5 Å². The fourth-order valence-corrected chi connectivity index (χ4v) is 1.88. The number of aryl methyl sites for hydroxylation is 1. The third-order valence-electron chi connectivity index (χ3n) is 2.93. The van der Waals surface area contributed by atoms with Gasteiger partial charge in [0.2, 0.25) is 5.91 Å². The molecule has 0 spiro atoms. The first-order chi connectivity index (χ1) is 9.65. The van der Waals surface area contributed by atoms with Crippen molar-refractivity contribution < 1.29 is 9.32 Å². The molecule has 20 heavy (non-hydrogen) atoms. The summed E-state index contributed by atoms with van der Waals surface area (Å²) in [4.78, 5) is 11.8. The number of nitrogens with zero attached hydrogens (tertiary/aromatic N) is 1. The first kappa shape index (κ1) is 14.1. The summed E-state index contributed by atoms with van der Waals surface area (Å²) < 4.78 is 4.97. The molecule has 2 rings (SSSR count). The molecule has 0 bridgehead atoms. The highest BCUT2D eigenvalue weighted by Crippen LogP contribution is 2.12. The molecule has 0 saturated heterocycles. The zero-order valence-electron chi connectivity index (χ0n) is 11.7. The highest BCUT2D eigenvalue weighted by atomic mass is 16.5. The molecule has 0 radical (unpaired) electrons. The molecule has 4 nitrogen and oxygen atoms in total. The largest absolute Gasteiger partial charge is 0.361 e. The Hall–Kier alpha value is -2.36. The van der Waals surface area contributed by atoms with E-state index in [2.05, 4.69) is 10.5 Å². The Kier molecular flexibility index (Phi) is 4.71. The van der Waals surface area contributed by atoms with Crippen molar-refractivity contribution in [1.82, 2.24) is 10.5 Å². The van der Waals surface area contributed by atoms with Gasteiger partial charge in [-0.05, 0) is 25.0 Å². The molecular formula is C16H18N2O2. The Morgan fingerprint density at radius 1 is 1.35 bits per heavy atom. The van der Waals surface area contributed by atoms with E-state index in [-0.39, 0.29) is 5.91 Å². The number of amides is 1. The molecule has 4 heteroatoms. The van der Waals surface area contributed by atoms with Crippen LogP contribution in [0.4, 0.5) is 0 Å². The minimum atomic E-state index is -0.0911. The molecule has 104 valence electrons. The Bertz CT molecular complexity index is 600. The van der Waals surface area contributed by atoms with E-state index in [0.717, 1.165) is 22.6 Å². The average Bonchev–Trinajstić information content (AvgIpc) is 2.85. The van der Waals surface area contributed by atoms with Gasteiger partial charge >= 0.3 is 0 Å². The van der Waals surface area contributed by atoms with Crippen LogP contribution in [0.3, 0.4) is 0 Å². The average molecular weight is 270 g/mol. The van der Waals surface area contributed by atoms with Crippen LogP contribution in [0.2, 0.25) is 0 Å². The Morgan fingerprint density at radius 3 is 2.75 bits per heavy atom. The maximum absolute atomic E-state index is 11.8. The molecule has 0 aliphatic carbocycles. The second-order valence-corrected chi connectivity index (χ2v) is 4.66. The monoisotopic (exact) mass is 270 g/mol. The highest BCUT2D eigenvalue weighted by Gasteiger charge is 2.02. The topological polar surface area (TPSA) is 55.1 Å². The van der Waals surface area contributed by atoms with Crippen molar-refractivity contribution in [2.45, 2.75) is 20.3 Å². The predicted octanol–water partition coefficient (Wildman–Crippen LogP) is 2.75. The summed E-state index contributed by atoms with van der Waals surface area (Å²) in [7, 11) is 0. The lowest BCUT2D eigenvalue weighted by molar-refractivity contribution is -0.116. The fraction of sp³-hybridized carbons (Fsp3) is 0.250. The number of carbonyl (C=O) groups excluding carboxylic acids is 1. The van der Waals surface area contributed by atoms with Crippen LogP contribution in [-0.4, -0.2) is 17.6 Å². The Labute approximate surface area is 118 Å². The molecule has 0 unspecified atom stereocenters. The van der Waals surface area contributed by atoms with Crippen LogP contribution in [0.1, 0.15) is 23.9 Å². The maximum Gasteiger partial charge on any atom is 0.244 e. The summed E-state index contributed by atoms with van der Waals surface area (Å²) in [5.41, 5.74) is 2.85. The van der Waals surface area contributed by atoms with Gasteiger partial charge in [-0.3, -0.25) is 4.79 Å². The van der Waals surface area contributed by atoms with Crippen LogP contribution < -0.4 is 5.32 Å². The van der Waals surface area contributed by atoms with E-state index in [9.17, 15) is 4.79 Å². The zero-order valence-corrected chi connectivity index (χ0v) is 11.7. The SMILES string of the molecule is C/C(=C\C(=O)NCCc1cc(C)on1)c1ccccc1. The lowest BCUT2D eigenvalue weighted by atomic mass is 10.1. The van der Waals surface area contributed by atoms with Crippen molar-refractivity contribution in [1.29, 1.82) is 0 Å². The van der Waals surface area contributed by atoms with Gasteiger partial charge in [-0.15, -0.1) is 0 Å². The van der Waals surface area contributed by atoms with Crippen LogP contribution in [0.5, 0.6) is 0 Å². The number of carbonyl (C=O) groups is 1. The number of hydrogen-bond acceptors (Lipinski definition) is 3. The summed E-state index contributed by atoms with van der Waals surface area (Å²) in [5.74, 6) is 0.692. The van der Waals surface area contributed by atoms with Gasteiger partial charge in [0.05, 0.1) is 5.69 Å². The Balaban J connectivity index is 1.83. The van der Waals surface area contributed by atoms with Crippen molar-refractivity contribution in [2.75, 3.05) is 6.54 Å². The highest BCUT2D eigenvalue weighted by molar-refractivity contribution is 5.94. The molecule has 1 aromatic carbocycles. The van der Waals surface area contributed by atoms with Gasteiger partial charge in [0.15, 0.2) is 0 Å². The van der Waals surface area contributed by atoms with Crippen LogP contribution in [-0.2, 0) is 11.2 Å². The van der Waals surface area contributed by atoms with E-state index in [1.54, 1.807) is 6.08 Å². The van der Waals surface area contributed by atoms with Crippen LogP contribution >= 0.6 is 0 Å². The van der Waals surface area contributed by atoms with Gasteiger partial charge < -0.3 is 9.84 Å².